The van der Waals surface area contributed by atoms with Crippen LogP contribution >= 0.6 is 0 Å². The molecule has 0 aliphatic carbocycles. The maximum absolute atomic E-state index is 14.2. The summed E-state index contributed by atoms with van der Waals surface area (Å²) in [5.41, 5.74) is 7.11. The number of aromatic nitrogens is 10. The van der Waals surface area contributed by atoms with E-state index in [2.05, 4.69) is 51.5 Å². The molecule has 0 saturated carbocycles. The third-order valence-corrected chi connectivity index (χ3v) is 9.09. The summed E-state index contributed by atoms with van der Waals surface area (Å²) in [4.78, 5) is 36.8. The van der Waals surface area contributed by atoms with Gasteiger partial charge in [-0.25, -0.2) is 42.3 Å². The Labute approximate surface area is 364 Å². The number of nitrogens with zero attached hydrogens (tertiary/aromatic N) is 10. The van der Waals surface area contributed by atoms with Crippen molar-refractivity contribution in [1.29, 1.82) is 0 Å². The lowest BCUT2D eigenvalue weighted by Crippen LogP contribution is -2.41. The molecule has 6 aromatic heterocycles. The molecule has 0 spiro atoms. The van der Waals surface area contributed by atoms with Crippen molar-refractivity contribution in [2.75, 3.05) is 23.7 Å². The number of benzene rings is 2. The topological polar surface area (TPSA) is 244 Å². The van der Waals surface area contributed by atoms with Gasteiger partial charge in [0.2, 0.25) is 0 Å². The molecule has 0 atom stereocenters. The fourth-order valence-electron chi connectivity index (χ4n) is 5.75. The van der Waals surface area contributed by atoms with E-state index in [9.17, 15) is 44.7 Å². The van der Waals surface area contributed by atoms with Crippen LogP contribution in [0.15, 0.2) is 107 Å². The van der Waals surface area contributed by atoms with Crippen molar-refractivity contribution in [1.82, 2.24) is 49.8 Å². The van der Waals surface area contributed by atoms with Crippen LogP contribution in [-0.2, 0) is 22.7 Å². The van der Waals surface area contributed by atoms with E-state index in [0.717, 1.165) is 12.4 Å². The van der Waals surface area contributed by atoms with Gasteiger partial charge in [-0.15, -0.1) is 0 Å². The summed E-state index contributed by atoms with van der Waals surface area (Å²) in [6.45, 7) is -2.62. The molecule has 66 heavy (non-hydrogen) atoms. The minimum absolute atomic E-state index is 0.00595. The Bertz CT molecular complexity index is 2780. The molecule has 5 N–H and O–H groups in total. The molecular weight excluding hydrogens is 895 g/mol. The van der Waals surface area contributed by atoms with Crippen molar-refractivity contribution in [2.45, 2.75) is 24.9 Å². The molecule has 2 aromatic carbocycles. The number of nitrogens with two attached hydrogens (primary N) is 1. The molecule has 340 valence electrons. The molecule has 18 nitrogen and oxygen atoms in total. The second kappa shape index (κ2) is 19.0. The SMILES string of the molecule is NC(=O)C(F)(F)CNc1nc(-c2cc(-c3ccon3)n(Cc3ccccc3F)n2)ncc1F.O=C(O)C(F)(F)CNc1nc(-c2cc(-c3ccon3)n(Cc3ccccc3F)n2)ncc1F. The third kappa shape index (κ3) is 10.4. The monoisotopic (exact) mass is 923 g/mol. The molecule has 0 bridgehead atoms. The Balaban J connectivity index is 0.000000196. The number of carbonyl (C=O) groups is 2. The van der Waals surface area contributed by atoms with Crippen molar-refractivity contribution in [3.63, 3.8) is 0 Å². The smallest absolute Gasteiger partial charge is 0.376 e. The highest BCUT2D eigenvalue weighted by atomic mass is 19.3. The van der Waals surface area contributed by atoms with Crippen molar-refractivity contribution in [2.24, 2.45) is 5.73 Å². The third-order valence-electron chi connectivity index (χ3n) is 9.09. The summed E-state index contributed by atoms with van der Waals surface area (Å²) in [5, 5.41) is 28.9. The molecule has 0 radical (unpaired) electrons. The van der Waals surface area contributed by atoms with Gasteiger partial charge in [-0.1, -0.05) is 46.7 Å². The molecular formula is C40H29F8N13O5. The summed E-state index contributed by atoms with van der Waals surface area (Å²) in [7, 11) is 0. The first-order valence-corrected chi connectivity index (χ1v) is 18.8. The van der Waals surface area contributed by atoms with Gasteiger partial charge in [0, 0.05) is 23.3 Å². The zero-order valence-electron chi connectivity index (χ0n) is 33.2. The van der Waals surface area contributed by atoms with E-state index >= 15 is 0 Å². The number of hydrogen-bond acceptors (Lipinski definition) is 14. The van der Waals surface area contributed by atoms with Crippen LogP contribution in [0, 0.1) is 23.3 Å². The van der Waals surface area contributed by atoms with Crippen LogP contribution in [-0.4, -0.2) is 91.7 Å². The Hall–Kier alpha value is -8.58. The van der Waals surface area contributed by atoms with Crippen LogP contribution in [0.3, 0.4) is 0 Å². The first-order chi connectivity index (χ1) is 31.5. The maximum Gasteiger partial charge on any atom is 0.376 e. The number of carboxylic acids is 1. The van der Waals surface area contributed by atoms with Gasteiger partial charge >= 0.3 is 17.8 Å². The van der Waals surface area contributed by atoms with Crippen molar-refractivity contribution in [3.8, 4) is 45.8 Å². The van der Waals surface area contributed by atoms with Crippen LogP contribution in [0.4, 0.5) is 46.8 Å². The number of aliphatic carboxylic acids is 1. The molecule has 0 fully saturated rings. The molecule has 1 amide bonds. The average molecular weight is 924 g/mol. The van der Waals surface area contributed by atoms with E-state index in [1.165, 1.54) is 46.2 Å². The fourth-order valence-corrected chi connectivity index (χ4v) is 5.75. The quantitative estimate of drug-likeness (QED) is 0.0777. The highest BCUT2D eigenvalue weighted by Gasteiger charge is 2.39. The Morgan fingerprint density at radius 3 is 1.42 bits per heavy atom. The van der Waals surface area contributed by atoms with Gasteiger partial charge in [-0.3, -0.25) is 14.2 Å². The molecule has 8 aromatic rings. The number of carbonyl (C=O) groups excluding carboxylic acids is 1. The van der Waals surface area contributed by atoms with E-state index in [1.54, 1.807) is 48.5 Å². The van der Waals surface area contributed by atoms with Crippen molar-refractivity contribution in [3.05, 3.63) is 132 Å². The first-order valence-electron chi connectivity index (χ1n) is 18.8. The van der Waals surface area contributed by atoms with Gasteiger partial charge in [0.05, 0.1) is 50.0 Å². The van der Waals surface area contributed by atoms with Crippen LogP contribution in [0.25, 0.3) is 45.8 Å². The predicted molar refractivity (Wildman–Crippen MR) is 212 cm³/mol. The van der Waals surface area contributed by atoms with Crippen molar-refractivity contribution < 1.29 is 58.9 Å². The maximum atomic E-state index is 14.2. The number of anilines is 2. The largest absolute Gasteiger partial charge is 0.477 e. The molecule has 0 aliphatic rings. The number of rotatable bonds is 16. The van der Waals surface area contributed by atoms with Gasteiger partial charge in [-0.2, -0.15) is 27.8 Å². The van der Waals surface area contributed by atoms with E-state index < -0.39 is 71.7 Å². The summed E-state index contributed by atoms with van der Waals surface area (Å²) < 4.78 is 123. The van der Waals surface area contributed by atoms with Gasteiger partial charge < -0.3 is 30.5 Å². The second-order valence-corrected chi connectivity index (χ2v) is 13.7. The predicted octanol–water partition coefficient (Wildman–Crippen LogP) is 6.31. The number of halogens is 8. The van der Waals surface area contributed by atoms with Crippen LogP contribution in [0.1, 0.15) is 11.1 Å². The van der Waals surface area contributed by atoms with Crippen LogP contribution in [0.5, 0.6) is 0 Å². The molecule has 8 rings (SSSR count). The van der Waals surface area contributed by atoms with Gasteiger partial charge in [0.1, 0.15) is 46.9 Å². The Kier molecular flexibility index (Phi) is 13.1. The number of alkyl halides is 4. The number of hydrogen-bond donors (Lipinski definition) is 4. The molecule has 26 heteroatoms. The summed E-state index contributed by atoms with van der Waals surface area (Å²) in [6, 6.07) is 18.3. The van der Waals surface area contributed by atoms with E-state index in [4.69, 9.17) is 14.2 Å². The molecule has 6 heterocycles. The summed E-state index contributed by atoms with van der Waals surface area (Å²) >= 11 is 0. The summed E-state index contributed by atoms with van der Waals surface area (Å²) in [5.74, 6) is -16.7. The highest BCUT2D eigenvalue weighted by molar-refractivity contribution is 5.82. The zero-order valence-corrected chi connectivity index (χ0v) is 33.2. The minimum Gasteiger partial charge on any atom is -0.477 e. The minimum atomic E-state index is -4.14. The number of carboxylic acid groups (broad SMARTS) is 1. The molecule has 0 saturated heterocycles. The fraction of sp³-hybridized carbons (Fsp3) is 0.150. The highest BCUT2D eigenvalue weighted by Crippen LogP contribution is 2.28. The van der Waals surface area contributed by atoms with E-state index in [0.29, 0.717) is 33.9 Å². The zero-order chi connectivity index (χ0) is 47.2. The number of primary amides is 1. The summed E-state index contributed by atoms with van der Waals surface area (Å²) in [6.07, 6.45) is 4.16. The lowest BCUT2D eigenvalue weighted by Gasteiger charge is -2.14. The van der Waals surface area contributed by atoms with E-state index in [1.807, 2.05) is 5.32 Å². The lowest BCUT2D eigenvalue weighted by atomic mass is 10.2. The Morgan fingerprint density at radius 1 is 0.621 bits per heavy atom. The first kappa shape index (κ1) is 45.4. The molecule has 0 unspecified atom stereocenters. The number of nitrogens with one attached hydrogen (secondary N) is 2. The van der Waals surface area contributed by atoms with Crippen molar-refractivity contribution >= 4 is 23.5 Å². The van der Waals surface area contributed by atoms with Gasteiger partial charge in [0.25, 0.3) is 5.91 Å². The van der Waals surface area contributed by atoms with E-state index in [-0.39, 0.29) is 36.1 Å². The van der Waals surface area contributed by atoms with Crippen LogP contribution in [0.2, 0.25) is 0 Å². The van der Waals surface area contributed by atoms with Gasteiger partial charge in [-0.05, 0) is 24.3 Å². The van der Waals surface area contributed by atoms with Gasteiger partial charge in [0.15, 0.2) is 34.9 Å². The standard InChI is InChI=1S/C20H15F4N7O2.C20H14F4N6O3/c21-12-4-2-1-3-11(12)9-31-16(14-5-6-33-30-14)7-15(29-31)18-26-8-13(22)17(28-18)27-10-20(23,24)19(25)32;21-12-4-2-1-3-11(12)9-30-16(14-5-6-33-29-14)7-15(28-30)18-25-8-13(22)17(27-18)26-10-20(23,24)19(31)32/h1-8H,9-10H2,(H2,25,32)(H,26,27,28);1-8H,9-10H2,(H,31,32)(H,25,26,27). The van der Waals surface area contributed by atoms with Crippen LogP contribution < -0.4 is 16.4 Å². The normalized spacial score (nSPS) is 11.5. The number of amides is 1. The molecule has 0 aliphatic heterocycles. The average Bonchev–Trinajstić information content (AvgIpc) is 4.14. The Morgan fingerprint density at radius 2 is 1.05 bits per heavy atom. The lowest BCUT2D eigenvalue weighted by molar-refractivity contribution is -0.162. The second-order valence-electron chi connectivity index (χ2n) is 13.7.